The molecule has 0 bridgehead atoms. The number of hydrogen-bond acceptors (Lipinski definition) is 2. The Bertz CT molecular complexity index is 455. The lowest BCUT2D eigenvalue weighted by Gasteiger charge is -2.29. The molecule has 3 N–H and O–H groups in total. The van der Waals surface area contributed by atoms with Crippen molar-refractivity contribution in [2.75, 3.05) is 26.2 Å². The van der Waals surface area contributed by atoms with E-state index in [1.165, 1.54) is 31.5 Å². The van der Waals surface area contributed by atoms with Gasteiger partial charge < -0.3 is 11.1 Å². The number of nitrogens with zero attached hydrogens (tertiary/aromatic N) is 2. The number of nitrogens with two attached hydrogens (primary N) is 1. The zero-order chi connectivity index (χ0) is 15.8. The van der Waals surface area contributed by atoms with Crippen LogP contribution in [-0.4, -0.2) is 43.1 Å². The molecule has 23 heavy (non-hydrogen) atoms. The van der Waals surface area contributed by atoms with E-state index < -0.39 is 0 Å². The van der Waals surface area contributed by atoms with Crippen molar-refractivity contribution in [2.45, 2.75) is 39.2 Å². The maximum atomic E-state index is 6.01. The standard InChI is InChI=1S/C18H30N4.HI/c1-15(2)17(22-12-6-7-13-22)14-21-18(19)20-11-10-16-8-4-3-5-9-16;/h3-5,8-9,15,17H,6-7,10-14H2,1-2H3,(H3,19,20,21);1H. The average Bonchev–Trinajstić information content (AvgIpc) is 3.02. The summed E-state index contributed by atoms with van der Waals surface area (Å²) in [5.41, 5.74) is 7.32. The number of rotatable bonds is 7. The molecule has 0 amide bonds. The molecule has 1 fully saturated rings. The molecule has 2 rings (SSSR count). The fourth-order valence-corrected chi connectivity index (χ4v) is 3.05. The van der Waals surface area contributed by atoms with E-state index in [4.69, 9.17) is 5.73 Å². The summed E-state index contributed by atoms with van der Waals surface area (Å²) in [6.45, 7) is 8.59. The quantitative estimate of drug-likeness (QED) is 0.398. The summed E-state index contributed by atoms with van der Waals surface area (Å²) in [5, 5.41) is 3.23. The summed E-state index contributed by atoms with van der Waals surface area (Å²) in [6, 6.07) is 11.0. The normalized spacial score (nSPS) is 17.1. The van der Waals surface area contributed by atoms with Crippen LogP contribution in [0.25, 0.3) is 0 Å². The Labute approximate surface area is 157 Å². The van der Waals surface area contributed by atoms with E-state index in [1.54, 1.807) is 0 Å². The molecule has 1 aromatic rings. The van der Waals surface area contributed by atoms with Gasteiger partial charge in [-0.3, -0.25) is 9.89 Å². The predicted molar refractivity (Wildman–Crippen MR) is 109 cm³/mol. The minimum atomic E-state index is 0. The minimum Gasteiger partial charge on any atom is -0.370 e. The number of guanidine groups is 1. The maximum absolute atomic E-state index is 6.01. The highest BCUT2D eigenvalue weighted by atomic mass is 127. The van der Waals surface area contributed by atoms with Gasteiger partial charge in [-0.25, -0.2) is 0 Å². The van der Waals surface area contributed by atoms with Crippen molar-refractivity contribution in [3.05, 3.63) is 35.9 Å². The minimum absolute atomic E-state index is 0. The molecule has 0 aromatic heterocycles. The van der Waals surface area contributed by atoms with Gasteiger partial charge in [0.05, 0.1) is 6.54 Å². The van der Waals surface area contributed by atoms with Crippen LogP contribution in [0.3, 0.4) is 0 Å². The number of likely N-dealkylation sites (tertiary alicyclic amines) is 1. The zero-order valence-electron chi connectivity index (χ0n) is 14.4. The highest BCUT2D eigenvalue weighted by molar-refractivity contribution is 14.0. The lowest BCUT2D eigenvalue weighted by molar-refractivity contribution is 0.197. The first kappa shape index (κ1) is 20.2. The monoisotopic (exact) mass is 430 g/mol. The Morgan fingerprint density at radius 2 is 1.87 bits per heavy atom. The average molecular weight is 430 g/mol. The van der Waals surface area contributed by atoms with E-state index in [0.29, 0.717) is 17.9 Å². The Hall–Kier alpha value is -0.820. The van der Waals surface area contributed by atoms with E-state index in [-0.39, 0.29) is 24.0 Å². The van der Waals surface area contributed by atoms with Gasteiger partial charge in [0.2, 0.25) is 0 Å². The van der Waals surface area contributed by atoms with E-state index in [1.807, 2.05) is 6.07 Å². The third-order valence-corrected chi connectivity index (χ3v) is 4.39. The third kappa shape index (κ3) is 7.08. The molecule has 0 saturated carbocycles. The molecule has 5 heteroatoms. The van der Waals surface area contributed by atoms with Crippen molar-refractivity contribution in [3.8, 4) is 0 Å². The highest BCUT2D eigenvalue weighted by Crippen LogP contribution is 2.17. The van der Waals surface area contributed by atoms with Crippen LogP contribution in [0.1, 0.15) is 32.3 Å². The maximum Gasteiger partial charge on any atom is 0.188 e. The summed E-state index contributed by atoms with van der Waals surface area (Å²) in [5.74, 6) is 1.18. The number of hydrogen-bond donors (Lipinski definition) is 2. The first-order chi connectivity index (χ1) is 10.7. The summed E-state index contributed by atoms with van der Waals surface area (Å²) in [4.78, 5) is 7.12. The third-order valence-electron chi connectivity index (χ3n) is 4.39. The molecule has 1 saturated heterocycles. The summed E-state index contributed by atoms with van der Waals surface area (Å²) < 4.78 is 0. The second kappa shape index (κ2) is 10.9. The van der Waals surface area contributed by atoms with Gasteiger partial charge in [-0.05, 0) is 43.8 Å². The number of benzene rings is 1. The largest absolute Gasteiger partial charge is 0.370 e. The van der Waals surface area contributed by atoms with E-state index in [2.05, 4.69) is 53.3 Å². The fraction of sp³-hybridized carbons (Fsp3) is 0.611. The van der Waals surface area contributed by atoms with Crippen LogP contribution < -0.4 is 11.1 Å². The Balaban J connectivity index is 0.00000264. The second-order valence-electron chi connectivity index (χ2n) is 6.44. The number of nitrogens with one attached hydrogen (secondary N) is 1. The summed E-state index contributed by atoms with van der Waals surface area (Å²) >= 11 is 0. The van der Waals surface area contributed by atoms with Crippen LogP contribution in [-0.2, 0) is 6.42 Å². The first-order valence-electron chi connectivity index (χ1n) is 8.48. The van der Waals surface area contributed by atoms with Gasteiger partial charge >= 0.3 is 0 Å². The molecule has 130 valence electrons. The molecule has 0 aliphatic carbocycles. The molecular formula is C18H31IN4. The Morgan fingerprint density at radius 3 is 2.48 bits per heavy atom. The van der Waals surface area contributed by atoms with Gasteiger partial charge in [-0.15, -0.1) is 24.0 Å². The van der Waals surface area contributed by atoms with Gasteiger partial charge in [0.15, 0.2) is 5.96 Å². The molecule has 4 nitrogen and oxygen atoms in total. The van der Waals surface area contributed by atoms with Crippen LogP contribution in [0.5, 0.6) is 0 Å². The number of aliphatic imine (C=N–C) groups is 1. The summed E-state index contributed by atoms with van der Waals surface area (Å²) in [6.07, 6.45) is 3.60. The van der Waals surface area contributed by atoms with Crippen LogP contribution in [0.15, 0.2) is 35.3 Å². The smallest absolute Gasteiger partial charge is 0.188 e. The van der Waals surface area contributed by atoms with E-state index in [9.17, 15) is 0 Å². The molecule has 0 radical (unpaired) electrons. The van der Waals surface area contributed by atoms with Gasteiger partial charge in [0.1, 0.15) is 0 Å². The second-order valence-corrected chi connectivity index (χ2v) is 6.44. The van der Waals surface area contributed by atoms with Crippen LogP contribution >= 0.6 is 24.0 Å². The first-order valence-corrected chi connectivity index (χ1v) is 8.48. The van der Waals surface area contributed by atoms with Crippen molar-refractivity contribution in [3.63, 3.8) is 0 Å². The van der Waals surface area contributed by atoms with Crippen LogP contribution in [0.4, 0.5) is 0 Å². The Morgan fingerprint density at radius 1 is 1.22 bits per heavy atom. The summed E-state index contributed by atoms with van der Waals surface area (Å²) in [7, 11) is 0. The van der Waals surface area contributed by atoms with Gasteiger partial charge in [0, 0.05) is 12.6 Å². The van der Waals surface area contributed by atoms with Crippen molar-refractivity contribution in [1.29, 1.82) is 0 Å². The van der Waals surface area contributed by atoms with Crippen molar-refractivity contribution < 1.29 is 0 Å². The molecule has 1 heterocycles. The van der Waals surface area contributed by atoms with Crippen molar-refractivity contribution >= 4 is 29.9 Å². The van der Waals surface area contributed by atoms with Crippen LogP contribution in [0.2, 0.25) is 0 Å². The predicted octanol–water partition coefficient (Wildman–Crippen LogP) is 2.87. The Kier molecular flexibility index (Phi) is 9.55. The molecular weight excluding hydrogens is 399 g/mol. The van der Waals surface area contributed by atoms with Gasteiger partial charge in [-0.2, -0.15) is 0 Å². The van der Waals surface area contributed by atoms with Crippen LogP contribution in [0, 0.1) is 5.92 Å². The zero-order valence-corrected chi connectivity index (χ0v) is 16.7. The van der Waals surface area contributed by atoms with E-state index in [0.717, 1.165) is 19.5 Å². The van der Waals surface area contributed by atoms with Gasteiger partial charge in [-0.1, -0.05) is 44.2 Å². The van der Waals surface area contributed by atoms with Gasteiger partial charge in [0.25, 0.3) is 0 Å². The van der Waals surface area contributed by atoms with E-state index >= 15 is 0 Å². The SMILES string of the molecule is CC(C)C(CN=C(N)NCCc1ccccc1)N1CCCC1.I. The topological polar surface area (TPSA) is 53.6 Å². The lowest BCUT2D eigenvalue weighted by atomic mass is 10.0. The molecule has 1 aromatic carbocycles. The lowest BCUT2D eigenvalue weighted by Crippen LogP contribution is -2.41. The van der Waals surface area contributed by atoms with Crippen molar-refractivity contribution in [1.82, 2.24) is 10.2 Å². The van der Waals surface area contributed by atoms with Crippen molar-refractivity contribution in [2.24, 2.45) is 16.6 Å². The number of halogens is 1. The molecule has 0 spiro atoms. The fourth-order valence-electron chi connectivity index (χ4n) is 3.05. The molecule has 1 aliphatic rings. The molecule has 1 aliphatic heterocycles. The molecule has 1 atom stereocenters. The molecule has 1 unspecified atom stereocenters. The highest BCUT2D eigenvalue weighted by Gasteiger charge is 2.24.